The Bertz CT molecular complexity index is 373. The van der Waals surface area contributed by atoms with Gasteiger partial charge in [-0.25, -0.2) is 8.78 Å². The first-order chi connectivity index (χ1) is 8.11. The van der Waals surface area contributed by atoms with E-state index < -0.39 is 17.7 Å². The zero-order valence-electron chi connectivity index (χ0n) is 9.57. The largest absolute Gasteiger partial charge is 0.392 e. The van der Waals surface area contributed by atoms with E-state index in [1.807, 2.05) is 0 Å². The summed E-state index contributed by atoms with van der Waals surface area (Å²) in [5.41, 5.74) is 6.07. The van der Waals surface area contributed by atoms with Gasteiger partial charge in [0, 0.05) is 18.5 Å². The molecule has 0 heterocycles. The van der Waals surface area contributed by atoms with Crippen molar-refractivity contribution in [3.63, 3.8) is 0 Å². The molecule has 94 valence electrons. The Kier molecular flexibility index (Phi) is 3.74. The Labute approximate surface area is 99.4 Å². The molecular formula is C13H17F2NO. The molecule has 1 aromatic carbocycles. The van der Waals surface area contributed by atoms with Crippen molar-refractivity contribution in [3.05, 3.63) is 35.4 Å². The van der Waals surface area contributed by atoms with Crippen LogP contribution in [0, 0.1) is 17.6 Å². The number of nitrogens with two attached hydrogens (primary N) is 1. The highest BCUT2D eigenvalue weighted by Crippen LogP contribution is 2.36. The van der Waals surface area contributed by atoms with Gasteiger partial charge in [-0.1, -0.05) is 6.42 Å². The van der Waals surface area contributed by atoms with Crippen LogP contribution in [0.1, 0.15) is 30.7 Å². The van der Waals surface area contributed by atoms with E-state index in [2.05, 4.69) is 0 Å². The molecular weight excluding hydrogens is 224 g/mol. The highest BCUT2D eigenvalue weighted by Gasteiger charge is 2.32. The molecule has 0 bridgehead atoms. The summed E-state index contributed by atoms with van der Waals surface area (Å²) in [6.07, 6.45) is 2.44. The summed E-state index contributed by atoms with van der Waals surface area (Å²) in [7, 11) is 0. The van der Waals surface area contributed by atoms with Crippen LogP contribution in [0.3, 0.4) is 0 Å². The van der Waals surface area contributed by atoms with E-state index in [0.717, 1.165) is 25.3 Å². The van der Waals surface area contributed by atoms with E-state index >= 15 is 0 Å². The Morgan fingerprint density at radius 3 is 2.24 bits per heavy atom. The van der Waals surface area contributed by atoms with Crippen molar-refractivity contribution < 1.29 is 13.9 Å². The lowest BCUT2D eigenvalue weighted by atomic mass is 9.75. The molecule has 2 rings (SSSR count). The fourth-order valence-electron chi connectivity index (χ4n) is 2.37. The second-order valence-electron chi connectivity index (χ2n) is 4.73. The number of aliphatic hydroxyl groups is 1. The molecule has 0 radical (unpaired) electrons. The Hall–Kier alpha value is -1.00. The Balaban J connectivity index is 2.21. The van der Waals surface area contributed by atoms with E-state index in [9.17, 15) is 13.9 Å². The van der Waals surface area contributed by atoms with Gasteiger partial charge in [0.05, 0.1) is 6.10 Å². The minimum absolute atomic E-state index is 0.195. The molecule has 2 nitrogen and oxygen atoms in total. The van der Waals surface area contributed by atoms with Crippen LogP contribution >= 0.6 is 0 Å². The summed E-state index contributed by atoms with van der Waals surface area (Å²) in [4.78, 5) is 0. The third-order valence-corrected chi connectivity index (χ3v) is 3.61. The summed E-state index contributed by atoms with van der Waals surface area (Å²) in [6.45, 7) is 0.195. The summed E-state index contributed by atoms with van der Waals surface area (Å²) in [5, 5.41) is 10.1. The maximum atomic E-state index is 13.1. The molecule has 0 aliphatic heterocycles. The zero-order chi connectivity index (χ0) is 12.4. The van der Waals surface area contributed by atoms with Gasteiger partial charge in [0.15, 0.2) is 0 Å². The highest BCUT2D eigenvalue weighted by atomic mass is 19.1. The molecule has 1 fully saturated rings. The summed E-state index contributed by atoms with van der Waals surface area (Å²) in [5.74, 6) is -1.42. The van der Waals surface area contributed by atoms with Crippen molar-refractivity contribution in [2.24, 2.45) is 11.7 Å². The smallest absolute Gasteiger partial charge is 0.126 e. The van der Waals surface area contributed by atoms with E-state index in [0.29, 0.717) is 5.56 Å². The third kappa shape index (κ3) is 2.64. The third-order valence-electron chi connectivity index (χ3n) is 3.61. The van der Waals surface area contributed by atoms with Crippen LogP contribution in [0.4, 0.5) is 8.78 Å². The predicted octanol–water partition coefficient (Wildman–Crippen LogP) is 2.17. The Morgan fingerprint density at radius 2 is 1.82 bits per heavy atom. The first-order valence-corrected chi connectivity index (χ1v) is 5.96. The monoisotopic (exact) mass is 241 g/mol. The van der Waals surface area contributed by atoms with Crippen LogP contribution in [0.5, 0.6) is 0 Å². The fourth-order valence-corrected chi connectivity index (χ4v) is 2.37. The molecule has 1 saturated carbocycles. The predicted molar refractivity (Wildman–Crippen MR) is 61.5 cm³/mol. The normalized spacial score (nSPS) is 19.8. The molecule has 1 aliphatic carbocycles. The lowest BCUT2D eigenvalue weighted by molar-refractivity contribution is 0.0419. The van der Waals surface area contributed by atoms with Crippen LogP contribution in [0.25, 0.3) is 0 Å². The number of aliphatic hydroxyl groups excluding tert-OH is 1. The quantitative estimate of drug-likeness (QED) is 0.848. The van der Waals surface area contributed by atoms with E-state index in [-0.39, 0.29) is 18.4 Å². The number of benzene rings is 1. The van der Waals surface area contributed by atoms with Crippen LogP contribution < -0.4 is 5.73 Å². The molecule has 4 heteroatoms. The van der Waals surface area contributed by atoms with Gasteiger partial charge >= 0.3 is 0 Å². The zero-order valence-corrected chi connectivity index (χ0v) is 9.57. The van der Waals surface area contributed by atoms with Crippen LogP contribution in [-0.2, 0) is 0 Å². The number of rotatable bonds is 4. The molecule has 1 aromatic rings. The van der Waals surface area contributed by atoms with E-state index in [1.165, 1.54) is 12.1 Å². The van der Waals surface area contributed by atoms with Gasteiger partial charge in [-0.15, -0.1) is 0 Å². The molecule has 0 spiro atoms. The summed E-state index contributed by atoms with van der Waals surface area (Å²) < 4.78 is 26.2. The van der Waals surface area contributed by atoms with Crippen LogP contribution in [0.15, 0.2) is 18.2 Å². The van der Waals surface area contributed by atoms with Gasteiger partial charge < -0.3 is 10.8 Å². The van der Waals surface area contributed by atoms with E-state index in [4.69, 9.17) is 5.73 Å². The highest BCUT2D eigenvalue weighted by molar-refractivity contribution is 5.24. The minimum Gasteiger partial charge on any atom is -0.392 e. The molecule has 0 amide bonds. The van der Waals surface area contributed by atoms with Crippen molar-refractivity contribution in [2.45, 2.75) is 31.3 Å². The topological polar surface area (TPSA) is 46.2 Å². The summed E-state index contributed by atoms with van der Waals surface area (Å²) >= 11 is 0. The van der Waals surface area contributed by atoms with Crippen LogP contribution in [0.2, 0.25) is 0 Å². The standard InChI is InChI=1S/C13H17F2NO/c14-10-4-9(5-11(15)6-10)12(7-16)13(17)8-2-1-3-8/h4-6,8,12-13,17H,1-3,7,16H2. The number of hydrogen-bond donors (Lipinski definition) is 2. The Morgan fingerprint density at radius 1 is 1.24 bits per heavy atom. The summed E-state index contributed by atoms with van der Waals surface area (Å²) in [6, 6.07) is 3.33. The van der Waals surface area contributed by atoms with Crippen molar-refractivity contribution in [2.75, 3.05) is 6.54 Å². The molecule has 17 heavy (non-hydrogen) atoms. The first kappa shape index (κ1) is 12.5. The molecule has 0 aromatic heterocycles. The first-order valence-electron chi connectivity index (χ1n) is 5.96. The lowest BCUT2D eigenvalue weighted by Gasteiger charge is -2.35. The molecule has 3 N–H and O–H groups in total. The van der Waals surface area contributed by atoms with Gasteiger partial charge in [-0.2, -0.15) is 0 Å². The fraction of sp³-hybridized carbons (Fsp3) is 0.538. The average molecular weight is 241 g/mol. The van der Waals surface area contributed by atoms with Crippen molar-refractivity contribution in [1.29, 1.82) is 0 Å². The van der Waals surface area contributed by atoms with Gasteiger partial charge in [0.2, 0.25) is 0 Å². The van der Waals surface area contributed by atoms with E-state index in [1.54, 1.807) is 0 Å². The maximum absolute atomic E-state index is 13.1. The number of halogens is 2. The minimum atomic E-state index is -0.626. The lowest BCUT2D eigenvalue weighted by Crippen LogP contribution is -2.35. The van der Waals surface area contributed by atoms with Crippen LogP contribution in [-0.4, -0.2) is 17.8 Å². The van der Waals surface area contributed by atoms with Crippen molar-refractivity contribution in [3.8, 4) is 0 Å². The molecule has 2 atom stereocenters. The number of hydrogen-bond acceptors (Lipinski definition) is 2. The van der Waals surface area contributed by atoms with Gasteiger partial charge in [0.1, 0.15) is 11.6 Å². The maximum Gasteiger partial charge on any atom is 0.126 e. The second kappa shape index (κ2) is 5.10. The van der Waals surface area contributed by atoms with Crippen molar-refractivity contribution >= 4 is 0 Å². The second-order valence-corrected chi connectivity index (χ2v) is 4.73. The molecule has 1 aliphatic rings. The van der Waals surface area contributed by atoms with Crippen molar-refractivity contribution in [1.82, 2.24) is 0 Å². The molecule has 2 unspecified atom stereocenters. The van der Waals surface area contributed by atoms with Gasteiger partial charge in [-0.05, 0) is 36.5 Å². The van der Waals surface area contributed by atoms with Gasteiger partial charge in [-0.3, -0.25) is 0 Å². The SMILES string of the molecule is NCC(c1cc(F)cc(F)c1)C(O)C1CCC1. The average Bonchev–Trinajstić information content (AvgIpc) is 2.14. The molecule has 0 saturated heterocycles. The van der Waals surface area contributed by atoms with Gasteiger partial charge in [0.25, 0.3) is 0 Å².